The molecule has 0 aromatic rings. The van der Waals surface area contributed by atoms with Crippen molar-refractivity contribution >= 4 is 11.8 Å². The number of ether oxygens (including phenoxy) is 8. The SMILES string of the molecule is CC(=O)NC(CO)C(OC1OC(CO)C(O)C(OC2OC(CO)C(O)C(O)C2O)C1OC1OC(C)C(O)C(O)C1O)C(O)C(O)COC1OC(CO)C(O)C(O)C1NC(C)=O. The molecule has 0 radical (unpaired) electrons. The van der Waals surface area contributed by atoms with Crippen LogP contribution in [-0.4, -0.2) is 269 Å². The Balaban J connectivity index is 1.71. The molecule has 27 heteroatoms. The van der Waals surface area contributed by atoms with Crippen molar-refractivity contribution < 1.29 is 124 Å². The van der Waals surface area contributed by atoms with Crippen molar-refractivity contribution in [3.8, 4) is 0 Å². The summed E-state index contributed by atoms with van der Waals surface area (Å²) < 4.78 is 45.7. The van der Waals surface area contributed by atoms with Gasteiger partial charge in [0.25, 0.3) is 0 Å². The van der Waals surface area contributed by atoms with Crippen LogP contribution in [0.1, 0.15) is 20.8 Å². The summed E-state index contributed by atoms with van der Waals surface area (Å²) in [6.45, 7) is -1.37. The standard InChI is InChI=1S/C34H60N2O25/c1-9-18(44)24(50)26(52)32(55-9)61-30-29(60-33-27(53)25(51)21(47)15(6-39)57-33)22(48)16(7-40)58-34(30)59-28(12(4-37)35-10(2)41)19(45)13(43)8-54-31-17(36-11(3)42)23(49)20(46)14(5-38)56-31/h9,12-34,37-40,43-53H,4-8H2,1-3H3,(H,35,41)(H,36,42). The number of carbonyl (C=O) groups excluding carboxylic acids is 2. The van der Waals surface area contributed by atoms with Gasteiger partial charge in [-0.1, -0.05) is 0 Å². The molecule has 2 amide bonds. The Kier molecular flexibility index (Phi) is 19.3. The van der Waals surface area contributed by atoms with E-state index in [0.717, 1.165) is 13.8 Å². The predicted octanol–water partition coefficient (Wildman–Crippen LogP) is -11.0. The summed E-state index contributed by atoms with van der Waals surface area (Å²) in [6, 6.07) is -3.15. The molecule has 4 rings (SSSR count). The Labute approximate surface area is 347 Å². The second-order valence-corrected chi connectivity index (χ2v) is 15.2. The quantitative estimate of drug-likeness (QED) is 0.0607. The lowest BCUT2D eigenvalue weighted by atomic mass is 9.95. The van der Waals surface area contributed by atoms with Gasteiger partial charge in [-0.2, -0.15) is 0 Å². The molecule has 4 aliphatic heterocycles. The molecular weight excluding hydrogens is 836 g/mol. The summed E-state index contributed by atoms with van der Waals surface area (Å²) in [7, 11) is 0. The monoisotopic (exact) mass is 896 g/mol. The lowest BCUT2D eigenvalue weighted by molar-refractivity contribution is -0.396. The molecule has 0 bridgehead atoms. The van der Waals surface area contributed by atoms with Crippen LogP contribution >= 0.6 is 0 Å². The normalized spacial score (nSPS) is 44.1. The summed E-state index contributed by atoms with van der Waals surface area (Å²) in [5, 5.41) is 163. The van der Waals surface area contributed by atoms with Crippen LogP contribution < -0.4 is 10.6 Å². The van der Waals surface area contributed by atoms with Gasteiger partial charge in [0.1, 0.15) is 110 Å². The molecule has 356 valence electrons. The minimum atomic E-state index is -2.27. The third kappa shape index (κ3) is 12.0. The first-order chi connectivity index (χ1) is 28.7. The number of carbonyl (C=O) groups is 2. The zero-order valence-corrected chi connectivity index (χ0v) is 33.2. The lowest BCUT2D eigenvalue weighted by Gasteiger charge is -2.49. The number of aliphatic hydroxyl groups excluding tert-OH is 15. The van der Waals surface area contributed by atoms with Crippen LogP contribution in [0.2, 0.25) is 0 Å². The second kappa shape index (κ2) is 22.8. The van der Waals surface area contributed by atoms with Gasteiger partial charge >= 0.3 is 0 Å². The number of hydrogen-bond donors (Lipinski definition) is 17. The van der Waals surface area contributed by atoms with E-state index < -0.39 is 192 Å². The first-order valence-electron chi connectivity index (χ1n) is 19.4. The Morgan fingerprint density at radius 1 is 0.590 bits per heavy atom. The van der Waals surface area contributed by atoms with Gasteiger partial charge in [-0.3, -0.25) is 9.59 Å². The topological polar surface area (TPSA) is 435 Å². The molecule has 4 fully saturated rings. The van der Waals surface area contributed by atoms with E-state index in [2.05, 4.69) is 10.6 Å². The molecule has 4 heterocycles. The number of amides is 2. The van der Waals surface area contributed by atoms with E-state index in [1.165, 1.54) is 6.92 Å². The average molecular weight is 897 g/mol. The van der Waals surface area contributed by atoms with E-state index >= 15 is 0 Å². The van der Waals surface area contributed by atoms with Gasteiger partial charge < -0.3 is 125 Å². The van der Waals surface area contributed by atoms with E-state index in [1.54, 1.807) is 0 Å². The fourth-order valence-electron chi connectivity index (χ4n) is 7.25. The van der Waals surface area contributed by atoms with Crippen LogP contribution in [0.4, 0.5) is 0 Å². The summed E-state index contributed by atoms with van der Waals surface area (Å²) in [5.74, 6) is -1.52. The van der Waals surface area contributed by atoms with Gasteiger partial charge in [0.2, 0.25) is 11.8 Å². The fraction of sp³-hybridized carbons (Fsp3) is 0.941. The first-order valence-corrected chi connectivity index (χ1v) is 19.4. The van der Waals surface area contributed by atoms with Crippen LogP contribution in [0.25, 0.3) is 0 Å². The van der Waals surface area contributed by atoms with Gasteiger partial charge in [0.05, 0.1) is 45.2 Å². The highest BCUT2D eigenvalue weighted by molar-refractivity contribution is 5.73. The number of hydrogen-bond acceptors (Lipinski definition) is 25. The maximum absolute atomic E-state index is 12.3. The van der Waals surface area contributed by atoms with Gasteiger partial charge in [0.15, 0.2) is 25.2 Å². The summed E-state index contributed by atoms with van der Waals surface area (Å²) in [5.41, 5.74) is 0. The van der Waals surface area contributed by atoms with Crippen LogP contribution in [0.3, 0.4) is 0 Å². The minimum Gasteiger partial charge on any atom is -0.394 e. The van der Waals surface area contributed by atoms with Gasteiger partial charge in [-0.25, -0.2) is 0 Å². The molecule has 27 nitrogen and oxygen atoms in total. The molecule has 4 saturated heterocycles. The van der Waals surface area contributed by atoms with Crippen molar-refractivity contribution in [3.05, 3.63) is 0 Å². The molecule has 0 aromatic heterocycles. The van der Waals surface area contributed by atoms with Gasteiger partial charge in [0, 0.05) is 13.8 Å². The van der Waals surface area contributed by atoms with E-state index in [4.69, 9.17) is 37.9 Å². The van der Waals surface area contributed by atoms with Crippen molar-refractivity contribution in [1.29, 1.82) is 0 Å². The Bertz CT molecular complexity index is 1370. The van der Waals surface area contributed by atoms with Crippen LogP contribution in [0.5, 0.6) is 0 Å². The van der Waals surface area contributed by atoms with Crippen LogP contribution in [0.15, 0.2) is 0 Å². The fourth-order valence-corrected chi connectivity index (χ4v) is 7.25. The van der Waals surface area contributed by atoms with Gasteiger partial charge in [-0.15, -0.1) is 0 Å². The summed E-state index contributed by atoms with van der Waals surface area (Å²) >= 11 is 0. The molecule has 0 aromatic carbocycles. The Morgan fingerprint density at radius 2 is 1.08 bits per heavy atom. The summed E-state index contributed by atoms with van der Waals surface area (Å²) in [4.78, 5) is 24.2. The maximum Gasteiger partial charge on any atom is 0.217 e. The Hall–Kier alpha value is -1.98. The molecule has 4 aliphatic rings. The predicted molar refractivity (Wildman–Crippen MR) is 191 cm³/mol. The van der Waals surface area contributed by atoms with Crippen molar-refractivity contribution in [3.63, 3.8) is 0 Å². The second-order valence-electron chi connectivity index (χ2n) is 15.2. The number of aliphatic hydroxyl groups is 15. The van der Waals surface area contributed by atoms with E-state index in [9.17, 15) is 86.2 Å². The maximum atomic E-state index is 12.3. The highest BCUT2D eigenvalue weighted by Crippen LogP contribution is 2.35. The van der Waals surface area contributed by atoms with E-state index in [1.807, 2.05) is 0 Å². The number of nitrogens with one attached hydrogen (secondary N) is 2. The Morgan fingerprint density at radius 3 is 1.62 bits per heavy atom. The lowest BCUT2D eigenvalue weighted by Crippen LogP contribution is -2.68. The van der Waals surface area contributed by atoms with Crippen molar-refractivity contribution in [2.24, 2.45) is 0 Å². The molecule has 0 aliphatic carbocycles. The highest BCUT2D eigenvalue weighted by Gasteiger charge is 2.56. The van der Waals surface area contributed by atoms with Crippen molar-refractivity contribution in [2.45, 2.75) is 168 Å². The number of rotatable bonds is 18. The molecule has 0 saturated carbocycles. The highest BCUT2D eigenvalue weighted by atomic mass is 16.8. The molecule has 24 atom stereocenters. The molecule has 0 spiro atoms. The zero-order valence-electron chi connectivity index (χ0n) is 33.2. The van der Waals surface area contributed by atoms with Gasteiger partial charge in [-0.05, 0) is 6.92 Å². The van der Waals surface area contributed by atoms with E-state index in [0.29, 0.717) is 0 Å². The summed E-state index contributed by atoms with van der Waals surface area (Å²) in [6.07, 6.45) is -41.2. The van der Waals surface area contributed by atoms with Crippen molar-refractivity contribution in [2.75, 3.05) is 33.0 Å². The average Bonchev–Trinajstić information content (AvgIpc) is 3.22. The smallest absolute Gasteiger partial charge is 0.217 e. The van der Waals surface area contributed by atoms with Crippen LogP contribution in [-0.2, 0) is 47.5 Å². The minimum absolute atomic E-state index is 0.707. The molecule has 17 N–H and O–H groups in total. The molecular formula is C34H60N2O25. The third-order valence-corrected chi connectivity index (χ3v) is 10.7. The molecule has 61 heavy (non-hydrogen) atoms. The first kappa shape index (κ1) is 51.7. The van der Waals surface area contributed by atoms with E-state index in [-0.39, 0.29) is 0 Å². The largest absolute Gasteiger partial charge is 0.394 e. The zero-order chi connectivity index (χ0) is 45.6. The molecule has 24 unspecified atom stereocenters. The van der Waals surface area contributed by atoms with Crippen LogP contribution in [0, 0.1) is 0 Å². The third-order valence-electron chi connectivity index (χ3n) is 10.7. The van der Waals surface area contributed by atoms with Crippen molar-refractivity contribution in [1.82, 2.24) is 10.6 Å².